The van der Waals surface area contributed by atoms with Gasteiger partial charge < -0.3 is 18.6 Å². The van der Waals surface area contributed by atoms with E-state index in [9.17, 15) is 4.79 Å². The Bertz CT molecular complexity index is 879. The highest BCUT2D eigenvalue weighted by Crippen LogP contribution is 2.30. The number of rotatable bonds is 12. The van der Waals surface area contributed by atoms with Crippen molar-refractivity contribution in [1.82, 2.24) is 9.29 Å². The van der Waals surface area contributed by atoms with Gasteiger partial charge in [0.25, 0.3) is 0 Å². The highest BCUT2D eigenvalue weighted by Gasteiger charge is 2.22. The molecule has 0 radical (unpaired) electrons. The van der Waals surface area contributed by atoms with Gasteiger partial charge in [-0.15, -0.1) is 0 Å². The number of anilines is 1. The van der Waals surface area contributed by atoms with Crippen molar-refractivity contribution in [3.05, 3.63) is 53.9 Å². The van der Waals surface area contributed by atoms with Crippen molar-refractivity contribution in [2.24, 2.45) is 5.16 Å². The van der Waals surface area contributed by atoms with Crippen LogP contribution in [0.1, 0.15) is 42.2 Å². The summed E-state index contributed by atoms with van der Waals surface area (Å²) in [6, 6.07) is 11.5. The van der Waals surface area contributed by atoms with E-state index in [2.05, 4.69) is 18.8 Å². The Hall–Kier alpha value is -2.78. The molecule has 0 saturated carbocycles. The Morgan fingerprint density at radius 2 is 2.03 bits per heavy atom. The molecule has 1 aromatic carbocycles. The number of nitrogens with zero attached hydrogens (tertiary/aromatic N) is 4. The van der Waals surface area contributed by atoms with Crippen LogP contribution < -0.4 is 9.04 Å². The zero-order chi connectivity index (χ0) is 22.6. The zero-order valence-electron chi connectivity index (χ0n) is 18.6. The van der Waals surface area contributed by atoms with Gasteiger partial charge in [0.1, 0.15) is 18.1 Å². The van der Waals surface area contributed by atoms with Crippen LogP contribution in [0, 0.1) is 0 Å². The molecule has 172 valence electrons. The lowest BCUT2D eigenvalue weighted by molar-refractivity contribution is 0.0594. The van der Waals surface area contributed by atoms with E-state index in [4.69, 9.17) is 14.3 Å². The molecule has 0 N–H and O–H groups in total. The molecular weight excluding hydrogens is 428 g/mol. The lowest BCUT2D eigenvalue weighted by Gasteiger charge is -2.18. The third-order valence-electron chi connectivity index (χ3n) is 4.80. The van der Waals surface area contributed by atoms with E-state index < -0.39 is 5.97 Å². The molecule has 1 fully saturated rings. The second kappa shape index (κ2) is 12.9. The number of hydrogen-bond acceptors (Lipinski definition) is 9. The molecule has 0 spiro atoms. The number of methoxy groups -OCH3 is 1. The Kier molecular flexibility index (Phi) is 9.64. The van der Waals surface area contributed by atoms with E-state index in [0.29, 0.717) is 18.9 Å². The van der Waals surface area contributed by atoms with E-state index in [1.54, 1.807) is 30.6 Å². The number of carbonyl (C=O) groups is 1. The number of carbonyl (C=O) groups excluding carboxylic acids is 1. The fourth-order valence-corrected chi connectivity index (χ4v) is 4.15. The molecule has 0 atom stereocenters. The third-order valence-corrected chi connectivity index (χ3v) is 5.99. The van der Waals surface area contributed by atoms with Crippen LogP contribution >= 0.6 is 12.1 Å². The molecule has 3 rings (SSSR count). The second-order valence-electron chi connectivity index (χ2n) is 7.13. The van der Waals surface area contributed by atoms with Crippen LogP contribution in [0.3, 0.4) is 0 Å². The molecule has 9 heteroatoms. The van der Waals surface area contributed by atoms with Gasteiger partial charge in [0.2, 0.25) is 0 Å². The minimum atomic E-state index is -0.415. The maximum absolute atomic E-state index is 11.7. The number of oxime groups is 1. The molecule has 1 aliphatic rings. The average molecular weight is 459 g/mol. The maximum Gasteiger partial charge on any atom is 0.356 e. The zero-order valence-corrected chi connectivity index (χ0v) is 19.4. The van der Waals surface area contributed by atoms with Crippen LogP contribution in [0.4, 0.5) is 5.69 Å². The third kappa shape index (κ3) is 7.42. The molecule has 2 heterocycles. The van der Waals surface area contributed by atoms with Gasteiger partial charge >= 0.3 is 5.97 Å². The van der Waals surface area contributed by atoms with E-state index in [1.165, 1.54) is 7.11 Å². The van der Waals surface area contributed by atoms with Crippen LogP contribution in [-0.2, 0) is 9.57 Å². The Morgan fingerprint density at radius 1 is 1.19 bits per heavy atom. The molecular formula is C23H30N4O4S. The number of unbranched alkanes of at least 4 members (excludes halogenated alkanes) is 2. The maximum atomic E-state index is 11.7. The Morgan fingerprint density at radius 3 is 2.81 bits per heavy atom. The van der Waals surface area contributed by atoms with E-state index in [1.807, 2.05) is 37.3 Å². The summed E-state index contributed by atoms with van der Waals surface area (Å²) in [5.74, 6) is 0.453. The van der Waals surface area contributed by atoms with Crippen molar-refractivity contribution < 1.29 is 19.1 Å². The van der Waals surface area contributed by atoms with Crippen LogP contribution in [0.2, 0.25) is 0 Å². The SMILES string of the molecule is CCO/N=C/c1ccc(OCCCCCN2CCN(c3ccnc(C(=O)OC)c3)S2)cc1. The molecule has 0 unspecified atom stereocenters. The van der Waals surface area contributed by atoms with Crippen molar-refractivity contribution in [2.45, 2.75) is 26.2 Å². The minimum Gasteiger partial charge on any atom is -0.494 e. The quantitative estimate of drug-likeness (QED) is 0.154. The fraction of sp³-hybridized carbons (Fsp3) is 0.435. The standard InChI is InChI=1S/C23H30N4O4S/c1-3-31-25-18-19-7-9-21(10-8-19)30-16-6-4-5-13-26-14-15-27(32-26)20-11-12-24-22(17-20)23(28)29-2/h7-12,17-18H,3-6,13-16H2,1-2H3/b25-18+. The number of hydrogen-bond donors (Lipinski definition) is 0. The van der Waals surface area contributed by atoms with Gasteiger partial charge in [-0.3, -0.25) is 0 Å². The first-order valence-corrected chi connectivity index (χ1v) is 11.6. The van der Waals surface area contributed by atoms with E-state index in [-0.39, 0.29) is 0 Å². The molecule has 8 nitrogen and oxygen atoms in total. The van der Waals surface area contributed by atoms with E-state index >= 15 is 0 Å². The van der Waals surface area contributed by atoms with Crippen LogP contribution in [-0.4, -0.2) is 61.4 Å². The summed E-state index contributed by atoms with van der Waals surface area (Å²) in [5.41, 5.74) is 2.28. The Labute approximate surface area is 193 Å². The van der Waals surface area contributed by atoms with Crippen LogP contribution in [0.25, 0.3) is 0 Å². The summed E-state index contributed by atoms with van der Waals surface area (Å²) in [5, 5.41) is 3.86. The molecule has 1 aliphatic heterocycles. The van der Waals surface area contributed by atoms with Gasteiger partial charge in [0, 0.05) is 38.0 Å². The minimum absolute atomic E-state index is 0.331. The highest BCUT2D eigenvalue weighted by molar-refractivity contribution is 7.98. The monoisotopic (exact) mass is 458 g/mol. The Balaban J connectivity index is 1.30. The molecule has 1 aromatic heterocycles. The number of esters is 1. The lowest BCUT2D eigenvalue weighted by atomic mass is 10.2. The van der Waals surface area contributed by atoms with Crippen molar-refractivity contribution in [2.75, 3.05) is 44.3 Å². The molecule has 32 heavy (non-hydrogen) atoms. The summed E-state index contributed by atoms with van der Waals surface area (Å²) in [4.78, 5) is 20.7. The second-order valence-corrected chi connectivity index (χ2v) is 8.25. The van der Waals surface area contributed by atoms with Crippen LogP contribution in [0.15, 0.2) is 47.8 Å². The van der Waals surface area contributed by atoms with Gasteiger partial charge in [-0.1, -0.05) is 5.16 Å². The predicted octanol–water partition coefficient (Wildman–Crippen LogP) is 4.17. The normalized spacial score (nSPS) is 14.1. The highest BCUT2D eigenvalue weighted by atomic mass is 32.2. The summed E-state index contributed by atoms with van der Waals surface area (Å²) >= 11 is 1.70. The van der Waals surface area contributed by atoms with Gasteiger partial charge in [-0.25, -0.2) is 14.1 Å². The lowest BCUT2D eigenvalue weighted by Crippen LogP contribution is -2.14. The summed E-state index contributed by atoms with van der Waals surface area (Å²) in [7, 11) is 1.37. The van der Waals surface area contributed by atoms with Crippen molar-refractivity contribution in [1.29, 1.82) is 0 Å². The van der Waals surface area contributed by atoms with Gasteiger partial charge in [0.15, 0.2) is 0 Å². The van der Waals surface area contributed by atoms with Crippen molar-refractivity contribution >= 4 is 30.0 Å². The number of ether oxygens (including phenoxy) is 2. The first-order chi connectivity index (χ1) is 15.7. The van der Waals surface area contributed by atoms with Gasteiger partial charge in [0.05, 0.1) is 25.6 Å². The average Bonchev–Trinajstić information content (AvgIpc) is 3.31. The van der Waals surface area contributed by atoms with Crippen molar-refractivity contribution in [3.63, 3.8) is 0 Å². The largest absolute Gasteiger partial charge is 0.494 e. The number of pyridine rings is 1. The first-order valence-electron chi connectivity index (χ1n) is 10.8. The summed E-state index contributed by atoms with van der Waals surface area (Å²) < 4.78 is 15.1. The smallest absolute Gasteiger partial charge is 0.356 e. The molecule has 2 aromatic rings. The number of benzene rings is 1. The fourth-order valence-electron chi connectivity index (χ4n) is 3.12. The first kappa shape index (κ1) is 23.9. The topological polar surface area (TPSA) is 76.5 Å². The van der Waals surface area contributed by atoms with Crippen molar-refractivity contribution in [3.8, 4) is 5.75 Å². The molecule has 0 amide bonds. The van der Waals surface area contributed by atoms with Crippen LogP contribution in [0.5, 0.6) is 5.75 Å². The molecule has 1 saturated heterocycles. The molecule has 0 bridgehead atoms. The van der Waals surface area contributed by atoms with E-state index in [0.717, 1.165) is 55.9 Å². The molecule has 0 aliphatic carbocycles. The van der Waals surface area contributed by atoms with Gasteiger partial charge in [-0.2, -0.15) is 0 Å². The summed E-state index contributed by atoms with van der Waals surface area (Å²) in [6.45, 7) is 6.08. The predicted molar refractivity (Wildman–Crippen MR) is 127 cm³/mol. The summed E-state index contributed by atoms with van der Waals surface area (Å²) in [6.07, 6.45) is 6.58. The van der Waals surface area contributed by atoms with Gasteiger partial charge in [-0.05, 0) is 68.1 Å². The number of aromatic nitrogens is 1.